The third-order valence-electron chi connectivity index (χ3n) is 2.79. The van der Waals surface area contributed by atoms with E-state index in [1.807, 2.05) is 0 Å². The van der Waals surface area contributed by atoms with Crippen LogP contribution in [0.5, 0.6) is 0 Å². The molecule has 106 valence electrons. The summed E-state index contributed by atoms with van der Waals surface area (Å²) in [6.07, 6.45) is 1.41. The second-order valence-electron chi connectivity index (χ2n) is 4.20. The highest BCUT2D eigenvalue weighted by Crippen LogP contribution is 2.27. The molecule has 0 radical (unpaired) electrons. The summed E-state index contributed by atoms with van der Waals surface area (Å²) < 4.78 is 0.348. The number of nitro groups is 1. The molecule has 1 N–H and O–H groups in total. The predicted molar refractivity (Wildman–Crippen MR) is 82.7 cm³/mol. The molecule has 0 amide bonds. The van der Waals surface area contributed by atoms with Crippen LogP contribution in [0.1, 0.15) is 11.1 Å². The van der Waals surface area contributed by atoms with Crippen molar-refractivity contribution in [2.75, 3.05) is 0 Å². The molecule has 6 heteroatoms. The largest absolute Gasteiger partial charge is 0.478 e. The van der Waals surface area contributed by atoms with Crippen LogP contribution in [0.3, 0.4) is 0 Å². The predicted octanol–water partition coefficient (Wildman–Crippen LogP) is 3.98. The van der Waals surface area contributed by atoms with Crippen LogP contribution >= 0.6 is 15.9 Å². The van der Waals surface area contributed by atoms with Gasteiger partial charge in [-0.15, -0.1) is 0 Å². The minimum atomic E-state index is -1.09. The van der Waals surface area contributed by atoms with Gasteiger partial charge in [-0.25, -0.2) is 4.79 Å². The average molecular weight is 348 g/mol. The van der Waals surface area contributed by atoms with E-state index in [2.05, 4.69) is 15.9 Å². The Labute approximate surface area is 128 Å². The highest BCUT2D eigenvalue weighted by Gasteiger charge is 2.14. The molecule has 21 heavy (non-hydrogen) atoms. The van der Waals surface area contributed by atoms with Crippen LogP contribution in [0.15, 0.2) is 53.0 Å². The van der Waals surface area contributed by atoms with E-state index in [0.29, 0.717) is 15.6 Å². The Bertz CT molecular complexity index is 726. The van der Waals surface area contributed by atoms with Crippen molar-refractivity contribution in [1.29, 1.82) is 0 Å². The number of benzene rings is 2. The van der Waals surface area contributed by atoms with Crippen LogP contribution in [0.4, 0.5) is 5.69 Å². The summed E-state index contributed by atoms with van der Waals surface area (Å²) in [6.45, 7) is 0. The summed E-state index contributed by atoms with van der Waals surface area (Å²) >= 11 is 3.09. The van der Waals surface area contributed by atoms with Crippen molar-refractivity contribution in [3.05, 3.63) is 74.2 Å². The van der Waals surface area contributed by atoms with Crippen molar-refractivity contribution < 1.29 is 14.8 Å². The van der Waals surface area contributed by atoms with Crippen LogP contribution in [-0.2, 0) is 4.79 Å². The van der Waals surface area contributed by atoms with Gasteiger partial charge in [0.25, 0.3) is 5.69 Å². The number of carboxylic acids is 1. The number of nitro benzene ring substituents is 1. The molecule has 2 aromatic carbocycles. The summed E-state index contributed by atoms with van der Waals surface area (Å²) in [6, 6.07) is 13.1. The van der Waals surface area contributed by atoms with Gasteiger partial charge in [-0.2, -0.15) is 0 Å². The quantitative estimate of drug-likeness (QED) is 0.392. The fraction of sp³-hybridized carbons (Fsp3) is 0. The van der Waals surface area contributed by atoms with Gasteiger partial charge >= 0.3 is 5.97 Å². The first-order valence-corrected chi connectivity index (χ1v) is 6.72. The Balaban J connectivity index is 2.52. The molecular formula is C15H10BrNO4. The number of halogens is 1. The lowest BCUT2D eigenvalue weighted by Gasteiger charge is -2.03. The number of carboxylic acid groups (broad SMARTS) is 1. The molecule has 2 aromatic rings. The number of nitrogens with zero attached hydrogens (tertiary/aromatic N) is 1. The summed E-state index contributed by atoms with van der Waals surface area (Å²) in [5.41, 5.74) is 0.954. The van der Waals surface area contributed by atoms with Gasteiger partial charge in [-0.1, -0.05) is 36.4 Å². The maximum atomic E-state index is 11.4. The molecule has 0 aromatic heterocycles. The number of hydrogen-bond donors (Lipinski definition) is 1. The topological polar surface area (TPSA) is 80.4 Å². The summed E-state index contributed by atoms with van der Waals surface area (Å²) in [7, 11) is 0. The third-order valence-corrected chi connectivity index (χ3v) is 3.46. The summed E-state index contributed by atoms with van der Waals surface area (Å²) in [5, 5.41) is 20.2. The molecule has 0 aliphatic heterocycles. The minimum Gasteiger partial charge on any atom is -0.478 e. The standard InChI is InChI=1S/C15H10BrNO4/c16-13-7-6-10(9-14(13)17(20)21)8-12(15(18)19)11-4-2-1-3-5-11/h1-9H,(H,18,19)/b12-8-. The zero-order valence-corrected chi connectivity index (χ0v) is 12.3. The molecule has 0 bridgehead atoms. The molecule has 0 spiro atoms. The van der Waals surface area contributed by atoms with Crippen molar-refractivity contribution >= 4 is 39.2 Å². The van der Waals surface area contributed by atoms with E-state index in [1.54, 1.807) is 36.4 Å². The van der Waals surface area contributed by atoms with Gasteiger partial charge in [0.2, 0.25) is 0 Å². The van der Waals surface area contributed by atoms with E-state index in [9.17, 15) is 20.0 Å². The number of carbonyl (C=O) groups is 1. The van der Waals surface area contributed by atoms with Crippen LogP contribution < -0.4 is 0 Å². The molecule has 0 atom stereocenters. The lowest BCUT2D eigenvalue weighted by atomic mass is 10.0. The first-order chi connectivity index (χ1) is 9.99. The maximum Gasteiger partial charge on any atom is 0.336 e. The Hall–Kier alpha value is -2.47. The second kappa shape index (κ2) is 6.32. The second-order valence-corrected chi connectivity index (χ2v) is 5.05. The Morgan fingerprint density at radius 2 is 1.86 bits per heavy atom. The number of rotatable bonds is 4. The van der Waals surface area contributed by atoms with E-state index in [4.69, 9.17) is 0 Å². The van der Waals surface area contributed by atoms with Crippen molar-refractivity contribution in [3.63, 3.8) is 0 Å². The number of aliphatic carboxylic acids is 1. The SMILES string of the molecule is O=C(O)/C(=C\c1ccc(Br)c([N+](=O)[O-])c1)c1ccccc1. The fourth-order valence-corrected chi connectivity index (χ4v) is 2.20. The van der Waals surface area contributed by atoms with E-state index in [-0.39, 0.29) is 11.3 Å². The Morgan fingerprint density at radius 1 is 1.19 bits per heavy atom. The lowest BCUT2D eigenvalue weighted by molar-refractivity contribution is -0.385. The van der Waals surface area contributed by atoms with E-state index in [0.717, 1.165) is 0 Å². The van der Waals surface area contributed by atoms with Crippen LogP contribution in [0, 0.1) is 10.1 Å². The molecule has 0 aliphatic carbocycles. The van der Waals surface area contributed by atoms with Crippen molar-refractivity contribution in [2.24, 2.45) is 0 Å². The molecule has 0 saturated heterocycles. The van der Waals surface area contributed by atoms with E-state index in [1.165, 1.54) is 18.2 Å². The highest BCUT2D eigenvalue weighted by atomic mass is 79.9. The van der Waals surface area contributed by atoms with E-state index < -0.39 is 10.9 Å². The lowest BCUT2D eigenvalue weighted by Crippen LogP contribution is -1.99. The van der Waals surface area contributed by atoms with Gasteiger partial charge < -0.3 is 5.11 Å². The molecule has 0 saturated carbocycles. The Morgan fingerprint density at radius 3 is 2.43 bits per heavy atom. The Kier molecular flexibility index (Phi) is 4.49. The normalized spacial score (nSPS) is 11.2. The van der Waals surface area contributed by atoms with Crippen LogP contribution in [-0.4, -0.2) is 16.0 Å². The fourth-order valence-electron chi connectivity index (χ4n) is 1.81. The van der Waals surface area contributed by atoms with E-state index >= 15 is 0 Å². The van der Waals surface area contributed by atoms with Crippen molar-refractivity contribution in [2.45, 2.75) is 0 Å². The molecule has 0 fully saturated rings. The van der Waals surface area contributed by atoms with Crippen LogP contribution in [0.2, 0.25) is 0 Å². The van der Waals surface area contributed by atoms with Gasteiger partial charge in [-0.3, -0.25) is 10.1 Å². The minimum absolute atomic E-state index is 0.0761. The van der Waals surface area contributed by atoms with Crippen LogP contribution in [0.25, 0.3) is 11.6 Å². The summed E-state index contributed by atoms with van der Waals surface area (Å²) in [5.74, 6) is -1.09. The third kappa shape index (κ3) is 3.55. The van der Waals surface area contributed by atoms with Gasteiger partial charge in [0, 0.05) is 6.07 Å². The van der Waals surface area contributed by atoms with Gasteiger partial charge in [0.15, 0.2) is 0 Å². The summed E-state index contributed by atoms with van der Waals surface area (Å²) in [4.78, 5) is 21.8. The molecular weight excluding hydrogens is 338 g/mol. The molecule has 5 nitrogen and oxygen atoms in total. The zero-order valence-electron chi connectivity index (χ0n) is 10.7. The van der Waals surface area contributed by atoms with Crippen molar-refractivity contribution in [3.8, 4) is 0 Å². The highest BCUT2D eigenvalue weighted by molar-refractivity contribution is 9.10. The molecule has 0 unspecified atom stereocenters. The molecule has 0 aliphatic rings. The van der Waals surface area contributed by atoms with Gasteiger partial charge in [0.1, 0.15) is 0 Å². The zero-order chi connectivity index (χ0) is 15.4. The smallest absolute Gasteiger partial charge is 0.336 e. The van der Waals surface area contributed by atoms with Gasteiger partial charge in [0.05, 0.1) is 15.0 Å². The first-order valence-electron chi connectivity index (χ1n) is 5.93. The average Bonchev–Trinajstić information content (AvgIpc) is 2.46. The van der Waals surface area contributed by atoms with Gasteiger partial charge in [-0.05, 0) is 39.2 Å². The van der Waals surface area contributed by atoms with Crippen molar-refractivity contribution in [1.82, 2.24) is 0 Å². The maximum absolute atomic E-state index is 11.4. The monoisotopic (exact) mass is 347 g/mol. The first kappa shape index (κ1) is 14.9. The molecule has 0 heterocycles. The number of hydrogen-bond acceptors (Lipinski definition) is 3. The molecule has 2 rings (SSSR count).